The predicted octanol–water partition coefficient (Wildman–Crippen LogP) is 5.85. The molecule has 2 aromatic carbocycles. The van der Waals surface area contributed by atoms with Gasteiger partial charge in [-0.3, -0.25) is 0 Å². The fourth-order valence-electron chi connectivity index (χ4n) is 2.95. The highest BCUT2D eigenvalue weighted by Gasteiger charge is 2.13. The molecular weight excluding hydrogens is 244 g/mol. The maximum Gasteiger partial charge on any atom is 0.138 e. The van der Waals surface area contributed by atoms with Gasteiger partial charge < -0.3 is 4.42 Å². The van der Waals surface area contributed by atoms with Gasteiger partial charge >= 0.3 is 0 Å². The molecule has 0 spiro atoms. The second kappa shape index (κ2) is 4.97. The van der Waals surface area contributed by atoms with Crippen molar-refractivity contribution in [3.63, 3.8) is 0 Å². The summed E-state index contributed by atoms with van der Waals surface area (Å²) >= 11 is 0. The Morgan fingerprint density at radius 1 is 0.850 bits per heavy atom. The van der Waals surface area contributed by atoms with E-state index in [-0.39, 0.29) is 0 Å². The lowest BCUT2D eigenvalue weighted by atomic mass is 9.99. The molecule has 1 heterocycles. The first kappa shape index (κ1) is 13.2. The molecule has 1 aromatic heterocycles. The molecule has 0 saturated heterocycles. The summed E-state index contributed by atoms with van der Waals surface area (Å²) in [4.78, 5) is 0. The summed E-state index contributed by atoms with van der Waals surface area (Å²) in [7, 11) is 0. The monoisotopic (exact) mass is 266 g/mol. The molecule has 0 radical (unpaired) electrons. The van der Waals surface area contributed by atoms with Gasteiger partial charge in [0, 0.05) is 10.8 Å². The van der Waals surface area contributed by atoms with E-state index in [2.05, 4.69) is 52.0 Å². The van der Waals surface area contributed by atoms with Gasteiger partial charge in [-0.2, -0.15) is 0 Å². The van der Waals surface area contributed by atoms with Crippen LogP contribution >= 0.6 is 0 Å². The van der Waals surface area contributed by atoms with Gasteiger partial charge in [0.2, 0.25) is 0 Å². The van der Waals surface area contributed by atoms with Crippen molar-refractivity contribution >= 4 is 21.9 Å². The van der Waals surface area contributed by atoms with Crippen LogP contribution in [0, 0.1) is 20.8 Å². The maximum absolute atomic E-state index is 6.22. The summed E-state index contributed by atoms with van der Waals surface area (Å²) in [5, 5.41) is 2.49. The van der Waals surface area contributed by atoms with Crippen LogP contribution < -0.4 is 0 Å². The molecule has 0 saturated carbocycles. The van der Waals surface area contributed by atoms with E-state index in [1.807, 2.05) is 0 Å². The molecule has 0 fully saturated rings. The number of benzene rings is 2. The Morgan fingerprint density at radius 3 is 2.20 bits per heavy atom. The Bertz CT molecular complexity index is 777. The number of hydrogen-bond donors (Lipinski definition) is 0. The molecule has 0 amide bonds. The molecule has 0 aliphatic rings. The van der Waals surface area contributed by atoms with E-state index in [4.69, 9.17) is 4.42 Å². The zero-order valence-corrected chi connectivity index (χ0v) is 12.8. The van der Waals surface area contributed by atoms with Gasteiger partial charge in [0.25, 0.3) is 0 Å². The average Bonchev–Trinajstić information content (AvgIpc) is 2.83. The highest BCUT2D eigenvalue weighted by molar-refractivity contribution is 6.07. The molecule has 3 rings (SSSR count). The second-order valence-corrected chi connectivity index (χ2v) is 5.82. The van der Waals surface area contributed by atoms with E-state index in [1.165, 1.54) is 45.9 Å². The first-order valence-corrected chi connectivity index (χ1v) is 7.54. The van der Waals surface area contributed by atoms with Crippen LogP contribution in [-0.2, 0) is 6.42 Å². The number of aryl methyl sites for hydroxylation is 4. The van der Waals surface area contributed by atoms with Gasteiger partial charge in [0.1, 0.15) is 11.2 Å². The Morgan fingerprint density at radius 2 is 1.50 bits per heavy atom. The Hall–Kier alpha value is -1.76. The minimum Gasteiger partial charge on any atom is -0.455 e. The summed E-state index contributed by atoms with van der Waals surface area (Å²) in [6.07, 6.45) is 3.62. The number of unbranched alkanes of at least 4 members (excludes halogenated alkanes) is 1. The van der Waals surface area contributed by atoms with Crippen molar-refractivity contribution in [3.05, 3.63) is 46.5 Å². The molecule has 1 nitrogen and oxygen atoms in total. The molecule has 0 aliphatic carbocycles. The zero-order chi connectivity index (χ0) is 14.3. The third-order valence-corrected chi connectivity index (χ3v) is 4.49. The molecule has 3 aromatic rings. The standard InChI is InChI=1S/C19H22O/c1-5-6-7-15-9-11-17-16-10-8-12(2)13(3)18(16)20-19(17)14(15)4/h8-11H,5-7H2,1-4H3. The van der Waals surface area contributed by atoms with Gasteiger partial charge in [-0.25, -0.2) is 0 Å². The summed E-state index contributed by atoms with van der Waals surface area (Å²) in [6, 6.07) is 8.88. The first-order chi connectivity index (χ1) is 9.63. The molecule has 0 N–H and O–H groups in total. The SMILES string of the molecule is CCCCc1ccc2c(oc3c(C)c(C)ccc32)c1C. The van der Waals surface area contributed by atoms with Crippen molar-refractivity contribution < 1.29 is 4.42 Å². The van der Waals surface area contributed by atoms with Crippen molar-refractivity contribution in [1.29, 1.82) is 0 Å². The van der Waals surface area contributed by atoms with Crippen molar-refractivity contribution in [2.75, 3.05) is 0 Å². The van der Waals surface area contributed by atoms with E-state index in [1.54, 1.807) is 0 Å². The fourth-order valence-corrected chi connectivity index (χ4v) is 2.95. The quantitative estimate of drug-likeness (QED) is 0.579. The number of furan rings is 1. The van der Waals surface area contributed by atoms with Gasteiger partial charge in [-0.1, -0.05) is 37.6 Å². The summed E-state index contributed by atoms with van der Waals surface area (Å²) in [6.45, 7) is 8.72. The highest BCUT2D eigenvalue weighted by atomic mass is 16.3. The Labute approximate surface area is 120 Å². The van der Waals surface area contributed by atoms with Crippen LogP contribution in [0.5, 0.6) is 0 Å². The fraction of sp³-hybridized carbons (Fsp3) is 0.368. The van der Waals surface area contributed by atoms with Crippen LogP contribution in [0.4, 0.5) is 0 Å². The van der Waals surface area contributed by atoms with E-state index in [0.717, 1.165) is 17.6 Å². The normalized spacial score (nSPS) is 11.6. The van der Waals surface area contributed by atoms with E-state index < -0.39 is 0 Å². The maximum atomic E-state index is 6.22. The molecule has 20 heavy (non-hydrogen) atoms. The van der Waals surface area contributed by atoms with Gasteiger partial charge in [0.05, 0.1) is 0 Å². The largest absolute Gasteiger partial charge is 0.455 e. The van der Waals surface area contributed by atoms with Crippen LogP contribution in [0.3, 0.4) is 0 Å². The zero-order valence-electron chi connectivity index (χ0n) is 12.8. The third kappa shape index (κ3) is 1.93. The van der Waals surface area contributed by atoms with Crippen LogP contribution in [0.15, 0.2) is 28.7 Å². The lowest BCUT2D eigenvalue weighted by Gasteiger charge is -2.05. The highest BCUT2D eigenvalue weighted by Crippen LogP contribution is 2.35. The molecule has 104 valence electrons. The second-order valence-electron chi connectivity index (χ2n) is 5.82. The summed E-state index contributed by atoms with van der Waals surface area (Å²) in [5.41, 5.74) is 7.41. The van der Waals surface area contributed by atoms with Crippen molar-refractivity contribution in [2.45, 2.75) is 47.0 Å². The smallest absolute Gasteiger partial charge is 0.138 e. The topological polar surface area (TPSA) is 13.1 Å². The molecule has 0 bridgehead atoms. The van der Waals surface area contributed by atoms with Crippen LogP contribution in [0.2, 0.25) is 0 Å². The lowest BCUT2D eigenvalue weighted by molar-refractivity contribution is 0.660. The molecule has 0 unspecified atom stereocenters. The van der Waals surface area contributed by atoms with Crippen LogP contribution in [0.25, 0.3) is 21.9 Å². The van der Waals surface area contributed by atoms with Gasteiger partial charge in [-0.05, 0) is 55.9 Å². The molecule has 1 heteroatoms. The number of hydrogen-bond acceptors (Lipinski definition) is 1. The Kier molecular flexibility index (Phi) is 3.29. The summed E-state index contributed by atoms with van der Waals surface area (Å²) < 4.78 is 6.22. The van der Waals surface area contributed by atoms with Gasteiger partial charge in [0.15, 0.2) is 0 Å². The van der Waals surface area contributed by atoms with Crippen LogP contribution in [0.1, 0.15) is 42.0 Å². The molecule has 0 atom stereocenters. The van der Waals surface area contributed by atoms with Gasteiger partial charge in [-0.15, -0.1) is 0 Å². The van der Waals surface area contributed by atoms with Crippen LogP contribution in [-0.4, -0.2) is 0 Å². The predicted molar refractivity (Wildman–Crippen MR) is 86.5 cm³/mol. The van der Waals surface area contributed by atoms with E-state index >= 15 is 0 Å². The number of fused-ring (bicyclic) bond motifs is 3. The third-order valence-electron chi connectivity index (χ3n) is 4.49. The Balaban J connectivity index is 2.27. The lowest BCUT2D eigenvalue weighted by Crippen LogP contribution is -1.89. The van der Waals surface area contributed by atoms with Crippen molar-refractivity contribution in [3.8, 4) is 0 Å². The minimum atomic E-state index is 1.05. The average molecular weight is 266 g/mol. The minimum absolute atomic E-state index is 1.05. The van der Waals surface area contributed by atoms with Crippen molar-refractivity contribution in [1.82, 2.24) is 0 Å². The van der Waals surface area contributed by atoms with Crippen molar-refractivity contribution in [2.24, 2.45) is 0 Å². The molecular formula is C19H22O. The molecule has 0 aliphatic heterocycles. The first-order valence-electron chi connectivity index (χ1n) is 7.54. The van der Waals surface area contributed by atoms with E-state index in [9.17, 15) is 0 Å². The summed E-state index contributed by atoms with van der Waals surface area (Å²) in [5.74, 6) is 0. The number of rotatable bonds is 3. The van der Waals surface area contributed by atoms with E-state index in [0.29, 0.717) is 0 Å².